The first-order valence-corrected chi connectivity index (χ1v) is 9.63. The van der Waals surface area contributed by atoms with Crippen LogP contribution >= 0.6 is 0 Å². The summed E-state index contributed by atoms with van der Waals surface area (Å²) in [6.07, 6.45) is 1.33. The lowest BCUT2D eigenvalue weighted by molar-refractivity contribution is -0.112. The minimum Gasteiger partial charge on any atom is -0.457 e. The van der Waals surface area contributed by atoms with Crippen LogP contribution in [0.4, 0.5) is 5.69 Å². The molecule has 3 rings (SSSR count). The van der Waals surface area contributed by atoms with E-state index in [1.54, 1.807) is 48.5 Å². The minimum absolute atomic E-state index is 0.00715. The van der Waals surface area contributed by atoms with Gasteiger partial charge in [0.2, 0.25) is 10.0 Å². The molecule has 1 amide bonds. The normalized spacial score (nSPS) is 11.6. The highest BCUT2D eigenvalue weighted by atomic mass is 32.2. The van der Waals surface area contributed by atoms with Crippen LogP contribution < -0.4 is 10.5 Å². The van der Waals surface area contributed by atoms with E-state index in [0.29, 0.717) is 22.8 Å². The maximum absolute atomic E-state index is 12.2. The smallest absolute Gasteiger partial charge is 0.266 e. The highest BCUT2D eigenvalue weighted by molar-refractivity contribution is 7.89. The summed E-state index contributed by atoms with van der Waals surface area (Å²) in [7, 11) is -3.77. The number of para-hydroxylation sites is 1. The van der Waals surface area contributed by atoms with Crippen molar-refractivity contribution in [1.29, 1.82) is 5.26 Å². The first-order valence-electron chi connectivity index (χ1n) is 8.08. The molecule has 0 aliphatic rings. The van der Waals surface area contributed by atoms with Crippen LogP contribution in [-0.2, 0) is 14.8 Å². The third kappa shape index (κ3) is 4.54. The first-order chi connectivity index (χ1) is 13.4. The zero-order chi connectivity index (χ0) is 20.1. The number of rotatable bonds is 5. The molecule has 0 aliphatic carbocycles. The second-order valence-corrected chi connectivity index (χ2v) is 7.32. The van der Waals surface area contributed by atoms with Crippen LogP contribution in [0.1, 0.15) is 5.76 Å². The summed E-state index contributed by atoms with van der Waals surface area (Å²) in [6.45, 7) is 0. The standard InChI is InChI=1S/C20H15N3O4S/c21-13-15(20(24)23-16-4-2-1-3-5-16)12-17-8-11-19(27-17)14-6-9-18(10-7-14)28(22,25)26/h1-12H,(H,23,24)(H2,22,25,26)/b15-12+. The molecule has 0 fully saturated rings. The number of nitrogens with two attached hydrogens (primary N) is 1. The molecule has 8 heteroatoms. The van der Waals surface area contributed by atoms with Crippen molar-refractivity contribution in [3.63, 3.8) is 0 Å². The number of hydrogen-bond donors (Lipinski definition) is 2. The van der Waals surface area contributed by atoms with E-state index < -0.39 is 15.9 Å². The number of benzene rings is 2. The van der Waals surface area contributed by atoms with E-state index in [1.165, 1.54) is 18.2 Å². The van der Waals surface area contributed by atoms with Gasteiger partial charge in [0.25, 0.3) is 5.91 Å². The van der Waals surface area contributed by atoms with Crippen LogP contribution in [0.25, 0.3) is 17.4 Å². The van der Waals surface area contributed by atoms with Crippen molar-refractivity contribution >= 4 is 27.7 Å². The third-order valence-electron chi connectivity index (χ3n) is 3.78. The van der Waals surface area contributed by atoms with E-state index in [1.807, 2.05) is 12.1 Å². The molecule has 28 heavy (non-hydrogen) atoms. The Morgan fingerprint density at radius 2 is 1.71 bits per heavy atom. The van der Waals surface area contributed by atoms with Crippen LogP contribution in [0.5, 0.6) is 0 Å². The number of nitrogens with one attached hydrogen (secondary N) is 1. The SMILES string of the molecule is N#C/C(=C\c1ccc(-c2ccc(S(N)(=O)=O)cc2)o1)C(=O)Nc1ccccc1. The van der Waals surface area contributed by atoms with Crippen LogP contribution in [0.15, 0.2) is 81.6 Å². The third-order valence-corrected chi connectivity index (χ3v) is 4.71. The van der Waals surface area contributed by atoms with Crippen molar-refractivity contribution in [3.8, 4) is 17.4 Å². The van der Waals surface area contributed by atoms with Crippen molar-refractivity contribution < 1.29 is 17.6 Å². The van der Waals surface area contributed by atoms with E-state index in [2.05, 4.69) is 5.32 Å². The van der Waals surface area contributed by atoms with Gasteiger partial charge in [-0.25, -0.2) is 13.6 Å². The van der Waals surface area contributed by atoms with Gasteiger partial charge in [-0.1, -0.05) is 18.2 Å². The molecule has 0 saturated heterocycles. The topological polar surface area (TPSA) is 126 Å². The molecule has 3 N–H and O–H groups in total. The predicted molar refractivity (Wildman–Crippen MR) is 104 cm³/mol. The maximum atomic E-state index is 12.2. The molecule has 3 aromatic rings. The summed E-state index contributed by atoms with van der Waals surface area (Å²) in [5.41, 5.74) is 1.08. The number of hydrogen-bond acceptors (Lipinski definition) is 5. The van der Waals surface area contributed by atoms with Crippen LogP contribution in [-0.4, -0.2) is 14.3 Å². The van der Waals surface area contributed by atoms with Crippen molar-refractivity contribution in [3.05, 3.63) is 78.1 Å². The lowest BCUT2D eigenvalue weighted by Gasteiger charge is -2.03. The lowest BCUT2D eigenvalue weighted by Crippen LogP contribution is -2.13. The maximum Gasteiger partial charge on any atom is 0.266 e. The van der Waals surface area contributed by atoms with Crippen molar-refractivity contribution in [2.24, 2.45) is 5.14 Å². The number of nitrogens with zero attached hydrogens (tertiary/aromatic N) is 1. The molecule has 2 aromatic carbocycles. The average molecular weight is 393 g/mol. The second kappa shape index (κ2) is 7.92. The van der Waals surface area contributed by atoms with Crippen molar-refractivity contribution in [2.45, 2.75) is 4.90 Å². The van der Waals surface area contributed by atoms with Gasteiger partial charge in [-0.3, -0.25) is 4.79 Å². The molecule has 1 aromatic heterocycles. The molecule has 0 aliphatic heterocycles. The Balaban J connectivity index is 1.80. The van der Waals surface area contributed by atoms with E-state index in [9.17, 15) is 18.5 Å². The minimum atomic E-state index is -3.77. The number of amides is 1. The Morgan fingerprint density at radius 3 is 2.32 bits per heavy atom. The summed E-state index contributed by atoms with van der Waals surface area (Å²) in [4.78, 5) is 12.2. The molecule has 0 unspecified atom stereocenters. The van der Waals surface area contributed by atoms with Crippen LogP contribution in [0.2, 0.25) is 0 Å². The molecule has 0 saturated carbocycles. The van der Waals surface area contributed by atoms with Crippen molar-refractivity contribution in [2.75, 3.05) is 5.32 Å². The Morgan fingerprint density at radius 1 is 1.04 bits per heavy atom. The molecule has 7 nitrogen and oxygen atoms in total. The van der Waals surface area contributed by atoms with Crippen LogP contribution in [0.3, 0.4) is 0 Å². The van der Waals surface area contributed by atoms with E-state index in [0.717, 1.165) is 0 Å². The van der Waals surface area contributed by atoms with Gasteiger partial charge >= 0.3 is 0 Å². The Bertz CT molecular complexity index is 1170. The van der Waals surface area contributed by atoms with Gasteiger partial charge in [0.05, 0.1) is 4.90 Å². The second-order valence-electron chi connectivity index (χ2n) is 5.76. The molecule has 0 radical (unpaired) electrons. The summed E-state index contributed by atoms with van der Waals surface area (Å²) >= 11 is 0. The predicted octanol–water partition coefficient (Wildman–Crippen LogP) is 3.14. The fourth-order valence-corrected chi connectivity index (χ4v) is 2.92. The Hall–Kier alpha value is -3.67. The average Bonchev–Trinajstić information content (AvgIpc) is 3.15. The highest BCUT2D eigenvalue weighted by Crippen LogP contribution is 2.24. The lowest BCUT2D eigenvalue weighted by atomic mass is 10.2. The van der Waals surface area contributed by atoms with Gasteiger partial charge in [0.1, 0.15) is 23.2 Å². The quantitative estimate of drug-likeness (QED) is 0.509. The van der Waals surface area contributed by atoms with Crippen LogP contribution in [0, 0.1) is 11.3 Å². The molecular weight excluding hydrogens is 378 g/mol. The molecule has 140 valence electrons. The van der Waals surface area contributed by atoms with Gasteiger partial charge in [0, 0.05) is 17.3 Å². The zero-order valence-corrected chi connectivity index (χ0v) is 15.3. The highest BCUT2D eigenvalue weighted by Gasteiger charge is 2.12. The van der Waals surface area contributed by atoms with E-state index >= 15 is 0 Å². The number of primary sulfonamides is 1. The molecular formula is C20H15N3O4S. The summed E-state index contributed by atoms with van der Waals surface area (Å²) in [5.74, 6) is 0.211. The zero-order valence-electron chi connectivity index (χ0n) is 14.5. The number of carbonyl (C=O) groups is 1. The fourth-order valence-electron chi connectivity index (χ4n) is 2.41. The number of sulfonamides is 1. The van der Waals surface area contributed by atoms with E-state index in [-0.39, 0.29) is 10.5 Å². The van der Waals surface area contributed by atoms with Crippen molar-refractivity contribution in [1.82, 2.24) is 0 Å². The Labute approximate surface area is 161 Å². The van der Waals surface area contributed by atoms with Gasteiger partial charge in [-0.05, 0) is 48.5 Å². The summed E-state index contributed by atoms with van der Waals surface area (Å²) < 4.78 is 28.3. The Kier molecular flexibility index (Phi) is 5.40. The van der Waals surface area contributed by atoms with Gasteiger partial charge in [-0.2, -0.15) is 5.26 Å². The molecule has 0 bridgehead atoms. The summed E-state index contributed by atoms with van der Waals surface area (Å²) in [6, 6.07) is 19.7. The number of furan rings is 1. The summed E-state index contributed by atoms with van der Waals surface area (Å²) in [5, 5.41) is 17.0. The van der Waals surface area contributed by atoms with Gasteiger partial charge < -0.3 is 9.73 Å². The molecule has 0 spiro atoms. The van der Waals surface area contributed by atoms with Gasteiger partial charge in [0.15, 0.2) is 0 Å². The number of nitriles is 1. The molecule has 0 atom stereocenters. The number of anilines is 1. The van der Waals surface area contributed by atoms with E-state index in [4.69, 9.17) is 9.56 Å². The van der Waals surface area contributed by atoms with Gasteiger partial charge in [-0.15, -0.1) is 0 Å². The monoisotopic (exact) mass is 393 g/mol. The first kappa shape index (κ1) is 19.1. The molecule has 1 heterocycles. The fraction of sp³-hybridized carbons (Fsp3) is 0. The number of carbonyl (C=O) groups excluding carboxylic acids is 1. The largest absolute Gasteiger partial charge is 0.457 e.